The number of nitrogens with one attached hydrogen (secondary N) is 1. The molecule has 0 unspecified atom stereocenters. The average molecular weight is 218 g/mol. The molecule has 2 rings (SSSR count). The zero-order valence-corrected chi connectivity index (χ0v) is 9.65. The molecular weight excluding hydrogens is 200 g/mol. The molecule has 1 aliphatic heterocycles. The molecule has 1 heterocycles. The lowest BCUT2D eigenvalue weighted by molar-refractivity contribution is -0.117. The van der Waals surface area contributed by atoms with Crippen LogP contribution < -0.4 is 10.2 Å². The predicted molar refractivity (Wildman–Crippen MR) is 65.5 cm³/mol. The smallest absolute Gasteiger partial charge is 0.224 e. The topological polar surface area (TPSA) is 32.3 Å². The van der Waals surface area contributed by atoms with Crippen LogP contribution in [-0.4, -0.2) is 25.0 Å². The molecule has 0 aromatic heterocycles. The summed E-state index contributed by atoms with van der Waals surface area (Å²) in [6.07, 6.45) is 2.07. The maximum Gasteiger partial charge on any atom is 0.224 e. The Morgan fingerprint density at radius 2 is 1.88 bits per heavy atom. The number of benzene rings is 1. The number of carbonyl (C=O) groups is 1. The van der Waals surface area contributed by atoms with Gasteiger partial charge in [0.2, 0.25) is 5.91 Å². The van der Waals surface area contributed by atoms with Gasteiger partial charge in [-0.2, -0.15) is 0 Å². The standard InChI is InChI=1S/C13H18N2O/c1-11(16)15(12-5-3-2-4-6-12)13-7-9-14-10-8-13/h2-6,13-14H,7-10H2,1H3. The van der Waals surface area contributed by atoms with Crippen LogP contribution in [0.2, 0.25) is 0 Å². The number of hydrogen-bond acceptors (Lipinski definition) is 2. The van der Waals surface area contributed by atoms with Crippen molar-refractivity contribution < 1.29 is 4.79 Å². The van der Waals surface area contributed by atoms with E-state index in [1.54, 1.807) is 6.92 Å². The highest BCUT2D eigenvalue weighted by molar-refractivity contribution is 5.92. The monoisotopic (exact) mass is 218 g/mol. The van der Waals surface area contributed by atoms with E-state index in [0.717, 1.165) is 31.6 Å². The second kappa shape index (κ2) is 5.12. The number of nitrogens with zero attached hydrogens (tertiary/aromatic N) is 1. The number of carbonyl (C=O) groups excluding carboxylic acids is 1. The summed E-state index contributed by atoms with van der Waals surface area (Å²) in [4.78, 5) is 13.7. The highest BCUT2D eigenvalue weighted by atomic mass is 16.2. The Balaban J connectivity index is 2.20. The van der Waals surface area contributed by atoms with Gasteiger partial charge < -0.3 is 10.2 Å². The molecule has 3 heteroatoms. The molecule has 1 aromatic rings. The molecule has 0 atom stereocenters. The van der Waals surface area contributed by atoms with Crippen LogP contribution >= 0.6 is 0 Å². The number of anilines is 1. The largest absolute Gasteiger partial charge is 0.317 e. The fourth-order valence-corrected chi connectivity index (χ4v) is 2.30. The van der Waals surface area contributed by atoms with Crippen LogP contribution in [-0.2, 0) is 4.79 Å². The first-order valence-corrected chi connectivity index (χ1v) is 5.84. The highest BCUT2D eigenvalue weighted by Crippen LogP contribution is 2.21. The van der Waals surface area contributed by atoms with E-state index in [4.69, 9.17) is 0 Å². The van der Waals surface area contributed by atoms with Crippen molar-refractivity contribution in [3.63, 3.8) is 0 Å². The summed E-state index contributed by atoms with van der Waals surface area (Å²) in [5.74, 6) is 0.137. The van der Waals surface area contributed by atoms with E-state index in [2.05, 4.69) is 5.32 Å². The molecule has 86 valence electrons. The molecule has 0 aliphatic carbocycles. The van der Waals surface area contributed by atoms with Gasteiger partial charge in [-0.25, -0.2) is 0 Å². The Hall–Kier alpha value is -1.35. The summed E-state index contributed by atoms with van der Waals surface area (Å²) in [7, 11) is 0. The Labute approximate surface area is 96.5 Å². The predicted octanol–water partition coefficient (Wildman–Crippen LogP) is 1.79. The zero-order valence-electron chi connectivity index (χ0n) is 9.65. The molecule has 1 fully saturated rings. The van der Waals surface area contributed by atoms with Crippen molar-refractivity contribution >= 4 is 11.6 Å². The first-order chi connectivity index (χ1) is 7.79. The minimum absolute atomic E-state index is 0.137. The van der Waals surface area contributed by atoms with Gasteiger partial charge in [-0.3, -0.25) is 4.79 Å². The fourth-order valence-electron chi connectivity index (χ4n) is 2.30. The van der Waals surface area contributed by atoms with E-state index in [0.29, 0.717) is 6.04 Å². The van der Waals surface area contributed by atoms with Crippen molar-refractivity contribution in [3.05, 3.63) is 30.3 Å². The van der Waals surface area contributed by atoms with E-state index in [1.807, 2.05) is 35.2 Å². The second-order valence-electron chi connectivity index (χ2n) is 4.21. The lowest BCUT2D eigenvalue weighted by Gasteiger charge is -2.34. The van der Waals surface area contributed by atoms with Gasteiger partial charge in [-0.1, -0.05) is 18.2 Å². The second-order valence-corrected chi connectivity index (χ2v) is 4.21. The average Bonchev–Trinajstić information content (AvgIpc) is 2.31. The van der Waals surface area contributed by atoms with Gasteiger partial charge in [0.05, 0.1) is 0 Å². The van der Waals surface area contributed by atoms with Crippen molar-refractivity contribution in [1.29, 1.82) is 0 Å². The Bertz CT molecular complexity index is 344. The van der Waals surface area contributed by atoms with Gasteiger partial charge in [-0.05, 0) is 38.1 Å². The Kier molecular flexibility index (Phi) is 3.57. The minimum Gasteiger partial charge on any atom is -0.317 e. The van der Waals surface area contributed by atoms with Crippen molar-refractivity contribution in [1.82, 2.24) is 5.32 Å². The minimum atomic E-state index is 0.137. The van der Waals surface area contributed by atoms with Gasteiger partial charge in [0.25, 0.3) is 0 Å². The van der Waals surface area contributed by atoms with Crippen LogP contribution in [0.5, 0.6) is 0 Å². The molecule has 1 aromatic carbocycles. The zero-order chi connectivity index (χ0) is 11.4. The maximum atomic E-state index is 11.7. The van der Waals surface area contributed by atoms with Crippen LogP contribution in [0, 0.1) is 0 Å². The van der Waals surface area contributed by atoms with Gasteiger partial charge in [0.15, 0.2) is 0 Å². The molecule has 1 amide bonds. The Morgan fingerprint density at radius 3 is 2.44 bits per heavy atom. The van der Waals surface area contributed by atoms with Crippen molar-refractivity contribution in [2.24, 2.45) is 0 Å². The third-order valence-electron chi connectivity index (χ3n) is 3.05. The van der Waals surface area contributed by atoms with Crippen LogP contribution in [0.25, 0.3) is 0 Å². The lowest BCUT2D eigenvalue weighted by Crippen LogP contribution is -2.45. The normalized spacial score (nSPS) is 17.1. The molecule has 1 saturated heterocycles. The molecule has 1 N–H and O–H groups in total. The number of piperidine rings is 1. The van der Waals surface area contributed by atoms with Crippen molar-refractivity contribution in [2.75, 3.05) is 18.0 Å². The van der Waals surface area contributed by atoms with Crippen LogP contribution in [0.4, 0.5) is 5.69 Å². The first kappa shape index (κ1) is 11.1. The van der Waals surface area contributed by atoms with E-state index >= 15 is 0 Å². The number of rotatable bonds is 2. The van der Waals surface area contributed by atoms with E-state index in [-0.39, 0.29) is 5.91 Å². The summed E-state index contributed by atoms with van der Waals surface area (Å²) >= 11 is 0. The quantitative estimate of drug-likeness (QED) is 0.820. The number of para-hydroxylation sites is 1. The van der Waals surface area contributed by atoms with Gasteiger partial charge in [0.1, 0.15) is 0 Å². The summed E-state index contributed by atoms with van der Waals surface area (Å²) < 4.78 is 0. The molecule has 0 saturated carbocycles. The Morgan fingerprint density at radius 1 is 1.25 bits per heavy atom. The lowest BCUT2D eigenvalue weighted by atomic mass is 10.0. The molecule has 1 aliphatic rings. The molecule has 3 nitrogen and oxygen atoms in total. The van der Waals surface area contributed by atoms with Gasteiger partial charge in [0, 0.05) is 18.7 Å². The SMILES string of the molecule is CC(=O)N(c1ccccc1)C1CCNCC1. The fraction of sp³-hybridized carbons (Fsp3) is 0.462. The number of amides is 1. The molecule has 0 radical (unpaired) electrons. The molecule has 16 heavy (non-hydrogen) atoms. The van der Waals surface area contributed by atoms with E-state index < -0.39 is 0 Å². The maximum absolute atomic E-state index is 11.7. The molecular formula is C13H18N2O. The summed E-state index contributed by atoms with van der Waals surface area (Å²) in [5, 5.41) is 3.32. The van der Waals surface area contributed by atoms with Crippen LogP contribution in [0.1, 0.15) is 19.8 Å². The van der Waals surface area contributed by atoms with Crippen molar-refractivity contribution in [3.8, 4) is 0 Å². The third-order valence-corrected chi connectivity index (χ3v) is 3.05. The number of hydrogen-bond donors (Lipinski definition) is 1. The van der Waals surface area contributed by atoms with Crippen LogP contribution in [0.15, 0.2) is 30.3 Å². The van der Waals surface area contributed by atoms with E-state index in [1.165, 1.54) is 0 Å². The first-order valence-electron chi connectivity index (χ1n) is 5.84. The highest BCUT2D eigenvalue weighted by Gasteiger charge is 2.23. The van der Waals surface area contributed by atoms with E-state index in [9.17, 15) is 4.79 Å². The van der Waals surface area contributed by atoms with Gasteiger partial charge in [-0.15, -0.1) is 0 Å². The third kappa shape index (κ3) is 2.42. The van der Waals surface area contributed by atoms with Crippen LogP contribution in [0.3, 0.4) is 0 Å². The van der Waals surface area contributed by atoms with Crippen molar-refractivity contribution in [2.45, 2.75) is 25.8 Å². The summed E-state index contributed by atoms with van der Waals surface area (Å²) in [6.45, 7) is 3.65. The summed E-state index contributed by atoms with van der Waals surface area (Å²) in [5.41, 5.74) is 1.02. The molecule has 0 bridgehead atoms. The molecule has 0 spiro atoms. The van der Waals surface area contributed by atoms with Gasteiger partial charge >= 0.3 is 0 Å². The summed E-state index contributed by atoms with van der Waals surface area (Å²) in [6, 6.07) is 10.3.